The molecule has 1 amide bonds. The molecule has 0 bridgehead atoms. The van der Waals surface area contributed by atoms with E-state index in [1.54, 1.807) is 11.0 Å². The predicted octanol–water partition coefficient (Wildman–Crippen LogP) is 4.82. The van der Waals surface area contributed by atoms with Gasteiger partial charge in [-0.05, 0) is 79.3 Å². The number of hydrogen-bond acceptors (Lipinski definition) is 5. The average molecular weight is 541 g/mol. The van der Waals surface area contributed by atoms with Crippen molar-refractivity contribution in [2.75, 3.05) is 32.7 Å². The van der Waals surface area contributed by atoms with Crippen molar-refractivity contribution in [2.24, 2.45) is 11.1 Å². The quantitative estimate of drug-likeness (QED) is 0.332. The molecule has 0 radical (unpaired) electrons. The van der Waals surface area contributed by atoms with Crippen LogP contribution in [-0.4, -0.2) is 70.7 Å². The van der Waals surface area contributed by atoms with Crippen LogP contribution in [0, 0.1) is 28.3 Å². The first-order valence-corrected chi connectivity index (χ1v) is 13.2. The second-order valence-corrected chi connectivity index (χ2v) is 10.5. The van der Waals surface area contributed by atoms with Crippen LogP contribution in [0.15, 0.2) is 53.8 Å². The molecule has 3 atom stereocenters. The summed E-state index contributed by atoms with van der Waals surface area (Å²) in [6.07, 6.45) is 5.89. The molecule has 0 aliphatic carbocycles. The number of carbonyl (C=O) groups is 1. The van der Waals surface area contributed by atoms with Gasteiger partial charge in [0.25, 0.3) is 0 Å². The molecule has 0 spiro atoms. The molecule has 7 nitrogen and oxygen atoms in total. The molecule has 1 aromatic heterocycles. The summed E-state index contributed by atoms with van der Waals surface area (Å²) in [6.45, 7) is 2.50. The zero-order chi connectivity index (χ0) is 27.5. The van der Waals surface area contributed by atoms with Crippen LogP contribution >= 0.6 is 0 Å². The molecule has 2 fully saturated rings. The number of aliphatic hydroxyl groups excluding tert-OH is 1. The zero-order valence-electron chi connectivity index (χ0n) is 21.4. The molecular formula is C29H31F3N4O3. The first-order valence-electron chi connectivity index (χ1n) is 13.2. The van der Waals surface area contributed by atoms with Gasteiger partial charge in [-0.25, -0.2) is 13.2 Å². The van der Waals surface area contributed by atoms with Crippen molar-refractivity contribution in [3.8, 4) is 0 Å². The van der Waals surface area contributed by atoms with Crippen molar-refractivity contribution in [2.45, 2.75) is 37.3 Å². The van der Waals surface area contributed by atoms with Gasteiger partial charge in [0, 0.05) is 61.3 Å². The fraction of sp³-hybridized carbons (Fsp3) is 0.414. The standard InChI is InChI=1S/C29H31F3N4O3/c30-20-2-3-23-25(15-33-26(23)14-20)24-7-8-35(16-27(24)34-39)17-28(37)19-5-9-36(10-6-19)29(38)4-1-18-11-21(31)13-22(32)12-18/h1-4,11-15,19,24,27-28,33,37H,5-10,16-17H2/b4-1+. The maximum Gasteiger partial charge on any atom is 0.246 e. The lowest BCUT2D eigenvalue weighted by atomic mass is 9.84. The van der Waals surface area contributed by atoms with E-state index in [4.69, 9.17) is 0 Å². The molecule has 2 N–H and O–H groups in total. The number of nitroso groups, excluding NO2 is 1. The van der Waals surface area contributed by atoms with E-state index >= 15 is 0 Å². The number of amides is 1. The largest absolute Gasteiger partial charge is 0.392 e. The third kappa shape index (κ3) is 6.23. The molecule has 2 aliphatic rings. The van der Waals surface area contributed by atoms with Gasteiger partial charge in [-0.1, -0.05) is 5.18 Å². The third-order valence-corrected chi connectivity index (χ3v) is 8.02. The van der Waals surface area contributed by atoms with Crippen LogP contribution in [0.4, 0.5) is 13.2 Å². The van der Waals surface area contributed by atoms with Gasteiger partial charge in [0.1, 0.15) is 23.5 Å². The van der Waals surface area contributed by atoms with Gasteiger partial charge >= 0.3 is 0 Å². The lowest BCUT2D eigenvalue weighted by Gasteiger charge is -2.39. The van der Waals surface area contributed by atoms with Crippen LogP contribution < -0.4 is 0 Å². The van der Waals surface area contributed by atoms with Gasteiger partial charge in [0.05, 0.1) is 6.10 Å². The number of β-amino-alcohol motifs (C(OH)–C–C–N with tert-alkyl or cyclic N) is 1. The summed E-state index contributed by atoms with van der Waals surface area (Å²) in [7, 11) is 0. The summed E-state index contributed by atoms with van der Waals surface area (Å²) in [4.78, 5) is 31.2. The number of fused-ring (bicyclic) bond motifs is 1. The lowest BCUT2D eigenvalue weighted by molar-refractivity contribution is -0.128. The van der Waals surface area contributed by atoms with Crippen molar-refractivity contribution >= 4 is 22.9 Å². The minimum Gasteiger partial charge on any atom is -0.392 e. The smallest absolute Gasteiger partial charge is 0.246 e. The number of aromatic amines is 1. The molecule has 2 aromatic carbocycles. The Labute approximate surface area is 224 Å². The van der Waals surface area contributed by atoms with E-state index < -0.39 is 23.8 Å². The van der Waals surface area contributed by atoms with Crippen molar-refractivity contribution < 1.29 is 23.1 Å². The van der Waals surface area contributed by atoms with Gasteiger partial charge in [-0.3, -0.25) is 9.69 Å². The highest BCUT2D eigenvalue weighted by atomic mass is 19.1. The Morgan fingerprint density at radius 1 is 1.05 bits per heavy atom. The Morgan fingerprint density at radius 3 is 2.51 bits per heavy atom. The highest BCUT2D eigenvalue weighted by Crippen LogP contribution is 2.35. The van der Waals surface area contributed by atoms with Crippen LogP contribution in [0.3, 0.4) is 0 Å². The Bertz CT molecular complexity index is 1350. The number of likely N-dealkylation sites (tertiary alicyclic amines) is 2. The minimum absolute atomic E-state index is 0.0132. The molecule has 5 rings (SSSR count). The number of halogens is 3. The second kappa shape index (κ2) is 11.7. The molecule has 2 aliphatic heterocycles. The van der Waals surface area contributed by atoms with E-state index in [1.807, 2.05) is 6.20 Å². The number of carbonyl (C=O) groups excluding carboxylic acids is 1. The summed E-state index contributed by atoms with van der Waals surface area (Å²) in [5, 5.41) is 15.2. The molecule has 3 heterocycles. The van der Waals surface area contributed by atoms with E-state index in [1.165, 1.54) is 24.3 Å². The molecule has 2 saturated heterocycles. The van der Waals surface area contributed by atoms with Crippen LogP contribution in [0.1, 0.15) is 36.3 Å². The van der Waals surface area contributed by atoms with Gasteiger partial charge in [-0.15, -0.1) is 0 Å². The number of rotatable bonds is 7. The van der Waals surface area contributed by atoms with Crippen molar-refractivity contribution in [3.63, 3.8) is 0 Å². The Balaban J connectivity index is 1.12. The fourth-order valence-electron chi connectivity index (χ4n) is 5.92. The average Bonchev–Trinajstić information content (AvgIpc) is 3.34. The third-order valence-electron chi connectivity index (χ3n) is 8.02. The summed E-state index contributed by atoms with van der Waals surface area (Å²) in [5.74, 6) is -2.04. The number of piperidine rings is 2. The second-order valence-electron chi connectivity index (χ2n) is 10.5. The molecule has 3 aromatic rings. The van der Waals surface area contributed by atoms with E-state index in [0.717, 1.165) is 29.1 Å². The summed E-state index contributed by atoms with van der Waals surface area (Å²) < 4.78 is 40.3. The lowest BCUT2D eigenvalue weighted by Crippen LogP contribution is -2.48. The number of H-pyrrole nitrogens is 1. The molecule has 39 heavy (non-hydrogen) atoms. The van der Waals surface area contributed by atoms with Crippen molar-refractivity contribution in [3.05, 3.63) is 82.2 Å². The first-order chi connectivity index (χ1) is 18.8. The Kier molecular flexibility index (Phi) is 8.13. The van der Waals surface area contributed by atoms with E-state index in [-0.39, 0.29) is 29.1 Å². The minimum atomic E-state index is -0.703. The number of aromatic nitrogens is 1. The van der Waals surface area contributed by atoms with Crippen LogP contribution in [0.5, 0.6) is 0 Å². The molecule has 206 valence electrons. The maximum atomic E-state index is 13.6. The molecule has 3 unspecified atom stereocenters. The van der Waals surface area contributed by atoms with Crippen molar-refractivity contribution in [1.82, 2.24) is 14.8 Å². The van der Waals surface area contributed by atoms with Gasteiger partial charge < -0.3 is 15.0 Å². The molecular weight excluding hydrogens is 509 g/mol. The maximum absolute atomic E-state index is 13.6. The number of nitrogens with zero attached hydrogens (tertiary/aromatic N) is 3. The SMILES string of the molecule is O=NC1CN(CC(O)C2CCN(C(=O)/C=C/c3cc(F)cc(F)c3)CC2)CCC1c1c[nH]c2cc(F)ccc12. The number of benzene rings is 2. The van der Waals surface area contributed by atoms with Gasteiger partial charge in [0.15, 0.2) is 0 Å². The number of hydrogen-bond donors (Lipinski definition) is 2. The van der Waals surface area contributed by atoms with Gasteiger partial charge in [-0.2, -0.15) is 4.91 Å². The highest BCUT2D eigenvalue weighted by molar-refractivity contribution is 5.91. The van der Waals surface area contributed by atoms with Gasteiger partial charge in [0.2, 0.25) is 5.91 Å². The van der Waals surface area contributed by atoms with E-state index in [2.05, 4.69) is 15.1 Å². The zero-order valence-corrected chi connectivity index (χ0v) is 21.4. The van der Waals surface area contributed by atoms with E-state index in [0.29, 0.717) is 57.5 Å². The number of aliphatic hydroxyl groups is 1. The summed E-state index contributed by atoms with van der Waals surface area (Å²) >= 11 is 0. The fourth-order valence-corrected chi connectivity index (χ4v) is 5.92. The monoisotopic (exact) mass is 540 g/mol. The predicted molar refractivity (Wildman–Crippen MR) is 142 cm³/mol. The summed E-state index contributed by atoms with van der Waals surface area (Å²) in [5.41, 5.74) is 1.93. The van der Waals surface area contributed by atoms with E-state index in [9.17, 15) is 28.0 Å². The summed E-state index contributed by atoms with van der Waals surface area (Å²) in [6, 6.07) is 7.19. The van der Waals surface area contributed by atoms with Crippen molar-refractivity contribution in [1.29, 1.82) is 0 Å². The van der Waals surface area contributed by atoms with Crippen LogP contribution in [0.2, 0.25) is 0 Å². The van der Waals surface area contributed by atoms with Crippen LogP contribution in [0.25, 0.3) is 17.0 Å². The van der Waals surface area contributed by atoms with Crippen LogP contribution in [-0.2, 0) is 4.79 Å². The molecule has 10 heteroatoms. The Morgan fingerprint density at radius 2 is 1.79 bits per heavy atom. The normalized spacial score (nSPS) is 22.0. The first kappa shape index (κ1) is 27.1. The Hall–Kier alpha value is -3.50. The molecule has 0 saturated carbocycles. The highest BCUT2D eigenvalue weighted by Gasteiger charge is 2.35. The number of nitrogens with one attached hydrogen (secondary N) is 1. The topological polar surface area (TPSA) is 89.0 Å².